The van der Waals surface area contributed by atoms with E-state index in [9.17, 15) is 13.2 Å². The van der Waals surface area contributed by atoms with Crippen molar-refractivity contribution >= 4 is 23.3 Å². The van der Waals surface area contributed by atoms with Crippen molar-refractivity contribution in [2.45, 2.75) is 16.0 Å². The molecule has 0 atom stereocenters. The van der Waals surface area contributed by atoms with E-state index in [1.807, 2.05) is 18.2 Å². The first-order valence-corrected chi connectivity index (χ1v) is 6.59. The molecule has 102 valence electrons. The zero-order chi connectivity index (χ0) is 14.3. The standard InChI is InChI=1S/C14H9F3N2S/c15-14(16,17)8-5-6-12-10(7-8)19-13(18)9-3-1-2-4-11(9)20-12/h1-7H,(H2,18,19). The van der Waals surface area contributed by atoms with E-state index in [0.29, 0.717) is 4.90 Å². The third-order valence-electron chi connectivity index (χ3n) is 2.91. The number of hydrogen-bond acceptors (Lipinski definition) is 3. The summed E-state index contributed by atoms with van der Waals surface area (Å²) >= 11 is 1.36. The normalized spacial score (nSPS) is 14.1. The lowest BCUT2D eigenvalue weighted by molar-refractivity contribution is -0.137. The summed E-state index contributed by atoms with van der Waals surface area (Å²) in [5, 5.41) is 0. The summed E-state index contributed by atoms with van der Waals surface area (Å²) in [5.41, 5.74) is 6.14. The second kappa shape index (κ2) is 4.56. The molecular formula is C14H9F3N2S. The molecule has 20 heavy (non-hydrogen) atoms. The van der Waals surface area contributed by atoms with Crippen LogP contribution in [0.3, 0.4) is 0 Å². The van der Waals surface area contributed by atoms with Gasteiger partial charge in [-0.15, -0.1) is 0 Å². The lowest BCUT2D eigenvalue weighted by atomic mass is 10.2. The molecule has 0 saturated heterocycles. The van der Waals surface area contributed by atoms with Gasteiger partial charge >= 0.3 is 6.18 Å². The molecule has 2 nitrogen and oxygen atoms in total. The van der Waals surface area contributed by atoms with Gasteiger partial charge in [-0.3, -0.25) is 0 Å². The maximum atomic E-state index is 12.7. The number of alkyl halides is 3. The maximum absolute atomic E-state index is 12.7. The van der Waals surface area contributed by atoms with Crippen molar-refractivity contribution in [1.82, 2.24) is 0 Å². The minimum atomic E-state index is -4.39. The van der Waals surface area contributed by atoms with E-state index < -0.39 is 11.7 Å². The first-order chi connectivity index (χ1) is 9.45. The summed E-state index contributed by atoms with van der Waals surface area (Å²) in [6.45, 7) is 0. The largest absolute Gasteiger partial charge is 0.416 e. The Bertz CT molecular complexity index is 708. The topological polar surface area (TPSA) is 38.4 Å². The van der Waals surface area contributed by atoms with Crippen LogP contribution in [-0.4, -0.2) is 5.84 Å². The van der Waals surface area contributed by atoms with E-state index in [-0.39, 0.29) is 11.5 Å². The molecule has 0 aromatic heterocycles. The summed E-state index contributed by atoms with van der Waals surface area (Å²) in [5.74, 6) is 0.228. The number of nitrogens with zero attached hydrogens (tertiary/aromatic N) is 1. The summed E-state index contributed by atoms with van der Waals surface area (Å²) < 4.78 is 38.2. The number of fused-ring (bicyclic) bond motifs is 2. The van der Waals surface area contributed by atoms with Crippen molar-refractivity contribution in [3.05, 3.63) is 53.6 Å². The molecule has 0 spiro atoms. The quantitative estimate of drug-likeness (QED) is 0.790. The predicted octanol–water partition coefficient (Wildman–Crippen LogP) is 4.21. The lowest BCUT2D eigenvalue weighted by Crippen LogP contribution is -2.13. The molecule has 0 fully saturated rings. The fourth-order valence-electron chi connectivity index (χ4n) is 1.94. The fraction of sp³-hybridized carbons (Fsp3) is 0.0714. The van der Waals surface area contributed by atoms with Crippen LogP contribution in [0, 0.1) is 0 Å². The van der Waals surface area contributed by atoms with Crippen LogP contribution in [0.1, 0.15) is 11.1 Å². The third kappa shape index (κ3) is 2.27. The van der Waals surface area contributed by atoms with Crippen molar-refractivity contribution in [2.75, 3.05) is 0 Å². The van der Waals surface area contributed by atoms with Gasteiger partial charge in [0.15, 0.2) is 0 Å². The molecule has 2 N–H and O–H groups in total. The third-order valence-corrected chi connectivity index (χ3v) is 4.05. The number of aliphatic imine (C=N–C) groups is 1. The minimum absolute atomic E-state index is 0.228. The van der Waals surface area contributed by atoms with Crippen LogP contribution in [0.4, 0.5) is 18.9 Å². The molecule has 3 rings (SSSR count). The highest BCUT2D eigenvalue weighted by atomic mass is 32.2. The Kier molecular flexibility index (Phi) is 2.97. The molecule has 0 aliphatic carbocycles. The highest BCUT2D eigenvalue weighted by molar-refractivity contribution is 7.99. The van der Waals surface area contributed by atoms with Gasteiger partial charge in [0.25, 0.3) is 0 Å². The molecule has 0 unspecified atom stereocenters. The van der Waals surface area contributed by atoms with E-state index in [0.717, 1.165) is 22.6 Å². The van der Waals surface area contributed by atoms with Crippen LogP contribution < -0.4 is 5.73 Å². The molecule has 1 heterocycles. The number of rotatable bonds is 0. The van der Waals surface area contributed by atoms with Gasteiger partial charge in [0.05, 0.1) is 11.3 Å². The van der Waals surface area contributed by atoms with Crippen molar-refractivity contribution in [3.8, 4) is 0 Å². The van der Waals surface area contributed by atoms with Gasteiger partial charge < -0.3 is 5.73 Å². The molecule has 0 radical (unpaired) electrons. The van der Waals surface area contributed by atoms with Crippen molar-refractivity contribution < 1.29 is 13.2 Å². The Balaban J connectivity index is 2.16. The molecule has 1 aliphatic heterocycles. The molecular weight excluding hydrogens is 285 g/mol. The Hall–Kier alpha value is -1.95. The number of amidine groups is 1. The Morgan fingerprint density at radius 1 is 1.00 bits per heavy atom. The fourth-order valence-corrected chi connectivity index (χ4v) is 2.95. The van der Waals surface area contributed by atoms with Crippen LogP contribution in [0.15, 0.2) is 57.2 Å². The minimum Gasteiger partial charge on any atom is -0.383 e. The number of hydrogen-bond donors (Lipinski definition) is 1. The van der Waals surface area contributed by atoms with Crippen LogP contribution in [0.2, 0.25) is 0 Å². The maximum Gasteiger partial charge on any atom is 0.416 e. The predicted molar refractivity (Wildman–Crippen MR) is 72.4 cm³/mol. The van der Waals surface area contributed by atoms with Crippen molar-refractivity contribution in [1.29, 1.82) is 0 Å². The van der Waals surface area contributed by atoms with Crippen LogP contribution in [0.5, 0.6) is 0 Å². The van der Waals surface area contributed by atoms with Crippen molar-refractivity contribution in [3.63, 3.8) is 0 Å². The Morgan fingerprint density at radius 3 is 2.50 bits per heavy atom. The molecule has 6 heteroatoms. The average molecular weight is 294 g/mol. The smallest absolute Gasteiger partial charge is 0.383 e. The monoisotopic (exact) mass is 294 g/mol. The molecule has 2 aromatic carbocycles. The average Bonchev–Trinajstić information content (AvgIpc) is 2.53. The summed E-state index contributed by atoms with van der Waals surface area (Å²) in [4.78, 5) is 5.67. The van der Waals surface area contributed by atoms with Gasteiger partial charge in [-0.05, 0) is 24.3 Å². The van der Waals surface area contributed by atoms with E-state index in [4.69, 9.17) is 5.73 Å². The summed E-state index contributed by atoms with van der Waals surface area (Å²) in [6, 6.07) is 10.9. The number of nitrogens with two attached hydrogens (primary N) is 1. The molecule has 1 aliphatic rings. The van der Waals surface area contributed by atoms with E-state index in [1.165, 1.54) is 17.8 Å². The Labute approximate surface area is 117 Å². The zero-order valence-electron chi connectivity index (χ0n) is 10.1. The highest BCUT2D eigenvalue weighted by Gasteiger charge is 2.31. The zero-order valence-corrected chi connectivity index (χ0v) is 10.9. The van der Waals surface area contributed by atoms with Crippen LogP contribution in [0.25, 0.3) is 0 Å². The number of benzene rings is 2. The lowest BCUT2D eigenvalue weighted by Gasteiger charge is -2.09. The first kappa shape index (κ1) is 13.1. The Morgan fingerprint density at radius 2 is 1.75 bits per heavy atom. The SMILES string of the molecule is NC1=Nc2cc(C(F)(F)F)ccc2Sc2ccccc21. The second-order valence-corrected chi connectivity index (χ2v) is 5.36. The molecule has 0 bridgehead atoms. The molecule has 0 amide bonds. The van der Waals surface area contributed by atoms with Gasteiger partial charge in [0, 0.05) is 15.4 Å². The van der Waals surface area contributed by atoms with Crippen LogP contribution in [-0.2, 0) is 6.18 Å². The van der Waals surface area contributed by atoms with Crippen LogP contribution >= 0.6 is 11.8 Å². The van der Waals surface area contributed by atoms with E-state index in [2.05, 4.69) is 4.99 Å². The van der Waals surface area contributed by atoms with E-state index in [1.54, 1.807) is 6.07 Å². The van der Waals surface area contributed by atoms with Gasteiger partial charge in [-0.1, -0.05) is 30.0 Å². The van der Waals surface area contributed by atoms with Gasteiger partial charge in [0.2, 0.25) is 0 Å². The van der Waals surface area contributed by atoms with Crippen molar-refractivity contribution in [2.24, 2.45) is 10.7 Å². The van der Waals surface area contributed by atoms with E-state index >= 15 is 0 Å². The molecule has 2 aromatic rings. The van der Waals surface area contributed by atoms with Gasteiger partial charge in [-0.2, -0.15) is 13.2 Å². The first-order valence-electron chi connectivity index (χ1n) is 5.78. The van der Waals surface area contributed by atoms with Gasteiger partial charge in [0.1, 0.15) is 5.84 Å². The van der Waals surface area contributed by atoms with Gasteiger partial charge in [-0.25, -0.2) is 4.99 Å². The molecule has 0 saturated carbocycles. The highest BCUT2D eigenvalue weighted by Crippen LogP contribution is 2.42. The second-order valence-electron chi connectivity index (χ2n) is 4.28. The summed E-state index contributed by atoms with van der Waals surface area (Å²) in [6.07, 6.45) is -4.39. The number of halogens is 3. The summed E-state index contributed by atoms with van der Waals surface area (Å²) in [7, 11) is 0.